The molecule has 7 heteroatoms. The third kappa shape index (κ3) is 5.18. The average Bonchev–Trinajstić information content (AvgIpc) is 3.24. The molecule has 2 aliphatic rings. The molecule has 1 aliphatic carbocycles. The van der Waals surface area contributed by atoms with Crippen molar-refractivity contribution in [3.8, 4) is 0 Å². The third-order valence-corrected chi connectivity index (χ3v) is 6.81. The van der Waals surface area contributed by atoms with Crippen LogP contribution >= 0.6 is 0 Å². The van der Waals surface area contributed by atoms with Gasteiger partial charge in [-0.25, -0.2) is 4.79 Å². The largest absolute Gasteiger partial charge is 0.480 e. The molecule has 0 bridgehead atoms. The Labute approximate surface area is 194 Å². The van der Waals surface area contributed by atoms with Crippen molar-refractivity contribution in [3.05, 3.63) is 59.7 Å². The van der Waals surface area contributed by atoms with Crippen LogP contribution in [0.5, 0.6) is 0 Å². The monoisotopic (exact) mass is 449 g/mol. The highest BCUT2D eigenvalue weighted by Gasteiger charge is 2.34. The maximum atomic E-state index is 12.7. The number of carbonyl (C=O) groups excluding carboxylic acids is 2. The van der Waals surface area contributed by atoms with Gasteiger partial charge in [0.15, 0.2) is 0 Å². The molecule has 4 N–H and O–H groups in total. The van der Waals surface area contributed by atoms with E-state index in [0.29, 0.717) is 12.3 Å². The first-order valence-corrected chi connectivity index (χ1v) is 11.5. The Morgan fingerprint density at radius 1 is 0.939 bits per heavy atom. The van der Waals surface area contributed by atoms with E-state index in [4.69, 9.17) is 0 Å². The molecule has 174 valence electrons. The van der Waals surface area contributed by atoms with Crippen LogP contribution in [0.15, 0.2) is 48.5 Å². The van der Waals surface area contributed by atoms with Gasteiger partial charge in [-0.05, 0) is 74.8 Å². The molecule has 7 nitrogen and oxygen atoms in total. The average molecular weight is 450 g/mol. The predicted molar refractivity (Wildman–Crippen MR) is 127 cm³/mol. The first kappa shape index (κ1) is 22.8. The molecule has 1 fully saturated rings. The summed E-state index contributed by atoms with van der Waals surface area (Å²) in [5.74, 6) is -1.06. The molecular weight excluding hydrogens is 418 g/mol. The van der Waals surface area contributed by atoms with Gasteiger partial charge in [-0.2, -0.15) is 0 Å². The molecule has 2 amide bonds. The fraction of sp³-hybridized carbons (Fsp3) is 0.423. The molecule has 0 radical (unpaired) electrons. The Morgan fingerprint density at radius 3 is 2.24 bits per heavy atom. The molecule has 4 rings (SSSR count). The van der Waals surface area contributed by atoms with E-state index in [9.17, 15) is 19.5 Å². The zero-order valence-electron chi connectivity index (χ0n) is 19.1. The van der Waals surface area contributed by atoms with Crippen molar-refractivity contribution < 1.29 is 19.5 Å². The Hall–Kier alpha value is -3.35. The number of anilines is 2. The van der Waals surface area contributed by atoms with Crippen molar-refractivity contribution in [1.29, 1.82) is 0 Å². The fourth-order valence-corrected chi connectivity index (χ4v) is 4.68. The van der Waals surface area contributed by atoms with Crippen LogP contribution in [0.2, 0.25) is 0 Å². The number of amides is 2. The molecule has 33 heavy (non-hydrogen) atoms. The van der Waals surface area contributed by atoms with Gasteiger partial charge in [0.1, 0.15) is 11.6 Å². The van der Waals surface area contributed by atoms with E-state index in [-0.39, 0.29) is 23.8 Å². The summed E-state index contributed by atoms with van der Waals surface area (Å²) in [6.45, 7) is 3.00. The van der Waals surface area contributed by atoms with Crippen molar-refractivity contribution in [1.82, 2.24) is 5.32 Å². The van der Waals surface area contributed by atoms with Crippen LogP contribution in [0.25, 0.3) is 0 Å². The van der Waals surface area contributed by atoms with Crippen LogP contribution in [-0.2, 0) is 20.8 Å². The SMILES string of the molecule is CC(C)(NC(=O)[C@H]1CC[C@@H](c2ccc(NC(=O)C3Cc4ccccc4N3)cc2)CC1)C(=O)O. The summed E-state index contributed by atoms with van der Waals surface area (Å²) in [5, 5.41) is 18.1. The van der Waals surface area contributed by atoms with E-state index in [0.717, 1.165) is 42.6 Å². The molecule has 1 saturated carbocycles. The number of nitrogens with one attached hydrogen (secondary N) is 3. The molecular formula is C26H31N3O4. The fourth-order valence-electron chi connectivity index (χ4n) is 4.68. The molecule has 2 aromatic rings. The summed E-state index contributed by atoms with van der Waals surface area (Å²) in [6, 6.07) is 15.7. The zero-order valence-corrected chi connectivity index (χ0v) is 19.1. The van der Waals surface area contributed by atoms with Gasteiger partial charge in [-0.1, -0.05) is 30.3 Å². The summed E-state index contributed by atoms with van der Waals surface area (Å²) in [5.41, 5.74) is 2.88. The number of hydrogen-bond acceptors (Lipinski definition) is 4. The van der Waals surface area contributed by atoms with Crippen molar-refractivity contribution >= 4 is 29.2 Å². The number of aliphatic carboxylic acids is 1. The van der Waals surface area contributed by atoms with Crippen molar-refractivity contribution in [2.75, 3.05) is 10.6 Å². The molecule has 1 aliphatic heterocycles. The number of rotatable bonds is 6. The minimum atomic E-state index is -1.26. The van der Waals surface area contributed by atoms with Crippen LogP contribution in [0.1, 0.15) is 56.6 Å². The van der Waals surface area contributed by atoms with Crippen molar-refractivity contribution in [3.63, 3.8) is 0 Å². The Kier molecular flexibility index (Phi) is 6.40. The predicted octanol–water partition coefficient (Wildman–Crippen LogP) is 3.92. The summed E-state index contributed by atoms with van der Waals surface area (Å²) in [4.78, 5) is 36.4. The molecule has 1 heterocycles. The Balaban J connectivity index is 1.27. The lowest BCUT2D eigenvalue weighted by Gasteiger charge is -2.30. The highest BCUT2D eigenvalue weighted by Crippen LogP contribution is 2.36. The lowest BCUT2D eigenvalue weighted by molar-refractivity contribution is -0.146. The van der Waals surface area contributed by atoms with Crippen LogP contribution in [0.4, 0.5) is 11.4 Å². The van der Waals surface area contributed by atoms with Gasteiger partial charge in [0.2, 0.25) is 11.8 Å². The number of para-hydroxylation sites is 1. The first-order chi connectivity index (χ1) is 15.7. The van der Waals surface area contributed by atoms with E-state index in [2.05, 4.69) is 16.0 Å². The maximum absolute atomic E-state index is 12.7. The van der Waals surface area contributed by atoms with Gasteiger partial charge in [0.25, 0.3) is 0 Å². The second-order valence-corrected chi connectivity index (χ2v) is 9.64. The van der Waals surface area contributed by atoms with E-state index in [1.54, 1.807) is 0 Å². The van der Waals surface area contributed by atoms with Crippen LogP contribution in [0.3, 0.4) is 0 Å². The molecule has 1 unspecified atom stereocenters. The normalized spacial score (nSPS) is 22.1. The van der Waals surface area contributed by atoms with E-state index < -0.39 is 11.5 Å². The van der Waals surface area contributed by atoms with Gasteiger partial charge >= 0.3 is 5.97 Å². The van der Waals surface area contributed by atoms with Crippen LogP contribution in [0, 0.1) is 5.92 Å². The second-order valence-electron chi connectivity index (χ2n) is 9.64. The van der Waals surface area contributed by atoms with Gasteiger partial charge < -0.3 is 21.1 Å². The van der Waals surface area contributed by atoms with Gasteiger partial charge in [-0.3, -0.25) is 9.59 Å². The number of carboxylic acid groups (broad SMARTS) is 1. The van der Waals surface area contributed by atoms with Gasteiger partial charge in [0, 0.05) is 23.7 Å². The Bertz CT molecular complexity index is 1010. The van der Waals surface area contributed by atoms with E-state index in [1.165, 1.54) is 19.4 Å². The molecule has 0 spiro atoms. The highest BCUT2D eigenvalue weighted by atomic mass is 16.4. The minimum absolute atomic E-state index is 0.0465. The highest BCUT2D eigenvalue weighted by molar-refractivity contribution is 5.98. The number of benzene rings is 2. The number of carbonyl (C=O) groups is 3. The summed E-state index contributed by atoms with van der Waals surface area (Å²) < 4.78 is 0. The van der Waals surface area contributed by atoms with Crippen molar-refractivity contribution in [2.45, 2.75) is 63.5 Å². The Morgan fingerprint density at radius 2 is 1.61 bits per heavy atom. The van der Waals surface area contributed by atoms with Crippen LogP contribution in [-0.4, -0.2) is 34.5 Å². The van der Waals surface area contributed by atoms with Gasteiger partial charge in [0.05, 0.1) is 0 Å². The standard InChI is InChI=1S/C26H31N3O4/c1-26(2,25(32)33)29-23(30)18-9-7-16(8-10-18)17-11-13-20(14-12-17)27-24(31)22-15-19-5-3-4-6-21(19)28-22/h3-6,11-14,16,18,22,28H,7-10,15H2,1-2H3,(H,27,31)(H,29,30)(H,32,33)/t16-,18+,22?. The smallest absolute Gasteiger partial charge is 0.328 e. The summed E-state index contributed by atoms with van der Waals surface area (Å²) in [7, 11) is 0. The van der Waals surface area contributed by atoms with E-state index in [1.807, 2.05) is 48.5 Å². The molecule has 1 atom stereocenters. The minimum Gasteiger partial charge on any atom is -0.480 e. The third-order valence-electron chi connectivity index (χ3n) is 6.81. The number of hydrogen-bond donors (Lipinski definition) is 4. The number of carboxylic acids is 1. The van der Waals surface area contributed by atoms with Gasteiger partial charge in [-0.15, -0.1) is 0 Å². The molecule has 0 aromatic heterocycles. The lowest BCUT2D eigenvalue weighted by atomic mass is 9.78. The first-order valence-electron chi connectivity index (χ1n) is 11.5. The molecule has 0 saturated heterocycles. The van der Waals surface area contributed by atoms with Crippen molar-refractivity contribution in [2.24, 2.45) is 5.92 Å². The number of fused-ring (bicyclic) bond motifs is 1. The summed E-state index contributed by atoms with van der Waals surface area (Å²) >= 11 is 0. The van der Waals surface area contributed by atoms with E-state index >= 15 is 0 Å². The zero-order chi connectivity index (χ0) is 23.6. The molecule has 2 aromatic carbocycles. The topological polar surface area (TPSA) is 108 Å². The maximum Gasteiger partial charge on any atom is 0.328 e. The summed E-state index contributed by atoms with van der Waals surface area (Å²) in [6.07, 6.45) is 3.90. The second kappa shape index (κ2) is 9.25. The quantitative estimate of drug-likeness (QED) is 0.535. The lowest BCUT2D eigenvalue weighted by Crippen LogP contribution is -2.51. The van der Waals surface area contributed by atoms with Crippen LogP contribution < -0.4 is 16.0 Å².